The fourth-order valence-electron chi connectivity index (χ4n) is 6.65. The Kier molecular flexibility index (Phi) is 5.97. The molecule has 0 bridgehead atoms. The molecule has 31 heavy (non-hydrogen) atoms. The molecule has 0 unspecified atom stereocenters. The van der Waals surface area contributed by atoms with Crippen molar-refractivity contribution in [3.63, 3.8) is 0 Å². The molecule has 2 atom stereocenters. The lowest BCUT2D eigenvalue weighted by atomic mass is 9.55. The molecule has 0 radical (unpaired) electrons. The number of imidazole rings is 1. The Balaban J connectivity index is 1.30. The molecule has 2 saturated carbocycles. The van der Waals surface area contributed by atoms with E-state index in [2.05, 4.69) is 4.90 Å². The molecule has 1 aliphatic heterocycles. The monoisotopic (exact) mass is 427 g/mol. The molecule has 1 saturated heterocycles. The minimum absolute atomic E-state index is 0.0622. The standard InChI is InChI=1S/C25H37N3O3/c29-18-21(30)17-27-22-7-1-2-8-23(22)28(24(27)31)20-9-14-26(15-10-20)16-19-6-3-4-11-25(19)12-5-13-25/h1-2,7-8,19-21,29-30H,3-6,9-18H2/t19-,21-/m1/s1. The minimum atomic E-state index is -0.923. The molecule has 5 rings (SSSR count). The summed E-state index contributed by atoms with van der Waals surface area (Å²) < 4.78 is 3.58. The summed E-state index contributed by atoms with van der Waals surface area (Å²) in [5.41, 5.74) is 2.38. The van der Waals surface area contributed by atoms with E-state index in [1.807, 2.05) is 28.8 Å². The lowest BCUT2D eigenvalue weighted by Gasteiger charge is -2.52. The van der Waals surface area contributed by atoms with Crippen molar-refractivity contribution >= 4 is 11.0 Å². The van der Waals surface area contributed by atoms with Gasteiger partial charge in [0.15, 0.2) is 0 Å². The highest BCUT2D eigenvalue weighted by molar-refractivity contribution is 5.76. The van der Waals surface area contributed by atoms with Crippen LogP contribution in [-0.2, 0) is 6.54 Å². The van der Waals surface area contributed by atoms with Crippen LogP contribution in [0.15, 0.2) is 29.1 Å². The molecule has 6 heteroatoms. The Morgan fingerprint density at radius 3 is 2.39 bits per heavy atom. The molecule has 2 heterocycles. The Bertz CT molecular complexity index is 953. The van der Waals surface area contributed by atoms with Gasteiger partial charge >= 0.3 is 5.69 Å². The van der Waals surface area contributed by atoms with Gasteiger partial charge in [0, 0.05) is 25.7 Å². The number of fused-ring (bicyclic) bond motifs is 1. The number of benzene rings is 1. The molecule has 3 fully saturated rings. The summed E-state index contributed by atoms with van der Waals surface area (Å²) in [6.07, 6.45) is 11.1. The van der Waals surface area contributed by atoms with Gasteiger partial charge in [0.1, 0.15) is 0 Å². The number of likely N-dealkylation sites (tertiary alicyclic amines) is 1. The first-order valence-corrected chi connectivity index (χ1v) is 12.3. The van der Waals surface area contributed by atoms with E-state index in [-0.39, 0.29) is 24.9 Å². The van der Waals surface area contributed by atoms with Gasteiger partial charge in [-0.3, -0.25) is 9.13 Å². The van der Waals surface area contributed by atoms with E-state index in [1.54, 1.807) is 4.57 Å². The van der Waals surface area contributed by atoms with Gasteiger partial charge in [-0.1, -0.05) is 31.4 Å². The molecule has 3 aliphatic rings. The van der Waals surface area contributed by atoms with Crippen molar-refractivity contribution in [2.75, 3.05) is 26.2 Å². The number of aromatic nitrogens is 2. The first kappa shape index (κ1) is 21.2. The SMILES string of the molecule is O=c1n(C[C@@H](O)CO)c2ccccc2n1C1CCN(C[C@H]2CCCCC23CCC3)CC1. The van der Waals surface area contributed by atoms with Crippen molar-refractivity contribution in [1.82, 2.24) is 14.0 Å². The van der Waals surface area contributed by atoms with Crippen LogP contribution in [0.25, 0.3) is 11.0 Å². The van der Waals surface area contributed by atoms with Gasteiger partial charge in [-0.25, -0.2) is 4.79 Å². The summed E-state index contributed by atoms with van der Waals surface area (Å²) in [4.78, 5) is 15.9. The molecule has 0 amide bonds. The van der Waals surface area contributed by atoms with E-state index in [0.717, 1.165) is 42.9 Å². The minimum Gasteiger partial charge on any atom is -0.394 e. The summed E-state index contributed by atoms with van der Waals surface area (Å²) in [7, 11) is 0. The molecule has 2 aliphatic carbocycles. The largest absolute Gasteiger partial charge is 0.394 e. The normalized spacial score (nSPS) is 25.7. The van der Waals surface area contributed by atoms with Crippen LogP contribution in [0.1, 0.15) is 63.8 Å². The van der Waals surface area contributed by atoms with Gasteiger partial charge in [-0.2, -0.15) is 0 Å². The summed E-state index contributed by atoms with van der Waals surface area (Å²) in [5, 5.41) is 19.2. The number of piperidine rings is 1. The number of aliphatic hydroxyl groups excluding tert-OH is 2. The van der Waals surface area contributed by atoms with E-state index in [1.165, 1.54) is 51.5 Å². The van der Waals surface area contributed by atoms with E-state index >= 15 is 0 Å². The second kappa shape index (κ2) is 8.72. The zero-order valence-electron chi connectivity index (χ0n) is 18.6. The van der Waals surface area contributed by atoms with Gasteiger partial charge < -0.3 is 15.1 Å². The van der Waals surface area contributed by atoms with Crippen LogP contribution < -0.4 is 5.69 Å². The fraction of sp³-hybridized carbons (Fsp3) is 0.720. The van der Waals surface area contributed by atoms with E-state index in [9.17, 15) is 15.0 Å². The third kappa shape index (κ3) is 3.87. The molecule has 1 aromatic carbocycles. The highest BCUT2D eigenvalue weighted by atomic mass is 16.3. The maximum atomic E-state index is 13.3. The molecule has 1 spiro atoms. The second-order valence-corrected chi connectivity index (χ2v) is 10.3. The Morgan fingerprint density at radius 2 is 1.71 bits per heavy atom. The fourth-order valence-corrected chi connectivity index (χ4v) is 6.65. The first-order chi connectivity index (χ1) is 15.1. The third-order valence-corrected chi connectivity index (χ3v) is 8.57. The zero-order valence-corrected chi connectivity index (χ0v) is 18.6. The number of hydrogen-bond acceptors (Lipinski definition) is 4. The van der Waals surface area contributed by atoms with Crippen molar-refractivity contribution in [1.29, 1.82) is 0 Å². The lowest BCUT2D eigenvalue weighted by Crippen LogP contribution is -2.47. The molecule has 170 valence electrons. The first-order valence-electron chi connectivity index (χ1n) is 12.3. The van der Waals surface area contributed by atoms with Crippen LogP contribution in [-0.4, -0.2) is 56.6 Å². The van der Waals surface area contributed by atoms with Crippen LogP contribution in [0, 0.1) is 11.3 Å². The van der Waals surface area contributed by atoms with Gasteiger partial charge in [-0.15, -0.1) is 0 Å². The summed E-state index contributed by atoms with van der Waals surface area (Å²) >= 11 is 0. The van der Waals surface area contributed by atoms with Crippen molar-refractivity contribution in [2.45, 2.75) is 76.5 Å². The topological polar surface area (TPSA) is 70.6 Å². The number of rotatable bonds is 6. The van der Waals surface area contributed by atoms with E-state index < -0.39 is 6.10 Å². The highest BCUT2D eigenvalue weighted by Crippen LogP contribution is 2.55. The van der Waals surface area contributed by atoms with Crippen LogP contribution in [0.4, 0.5) is 0 Å². The smallest absolute Gasteiger partial charge is 0.329 e. The molecule has 1 aromatic heterocycles. The molecular weight excluding hydrogens is 390 g/mol. The predicted molar refractivity (Wildman–Crippen MR) is 122 cm³/mol. The average Bonchev–Trinajstić information content (AvgIpc) is 3.05. The van der Waals surface area contributed by atoms with Crippen molar-refractivity contribution in [3.8, 4) is 0 Å². The molecule has 2 aromatic rings. The molecular formula is C25H37N3O3. The van der Waals surface area contributed by atoms with Crippen molar-refractivity contribution in [2.24, 2.45) is 11.3 Å². The summed E-state index contributed by atoms with van der Waals surface area (Å²) in [6.45, 7) is 3.15. The van der Waals surface area contributed by atoms with Gasteiger partial charge in [-0.05, 0) is 62.0 Å². The second-order valence-electron chi connectivity index (χ2n) is 10.3. The molecule has 2 N–H and O–H groups in total. The molecule has 6 nitrogen and oxygen atoms in total. The van der Waals surface area contributed by atoms with Crippen LogP contribution in [0.5, 0.6) is 0 Å². The van der Waals surface area contributed by atoms with Crippen LogP contribution in [0.3, 0.4) is 0 Å². The Hall–Kier alpha value is -1.63. The summed E-state index contributed by atoms with van der Waals surface area (Å²) in [5.74, 6) is 0.871. The zero-order chi connectivity index (χ0) is 21.4. The van der Waals surface area contributed by atoms with Crippen LogP contribution in [0.2, 0.25) is 0 Å². The maximum absolute atomic E-state index is 13.3. The summed E-state index contributed by atoms with van der Waals surface area (Å²) in [6, 6.07) is 8.05. The predicted octanol–water partition coefficient (Wildman–Crippen LogP) is 3.15. The number of para-hydroxylation sites is 2. The highest BCUT2D eigenvalue weighted by Gasteiger charge is 2.45. The van der Waals surface area contributed by atoms with Crippen molar-refractivity contribution < 1.29 is 10.2 Å². The number of hydrogen-bond donors (Lipinski definition) is 2. The lowest BCUT2D eigenvalue weighted by molar-refractivity contribution is -0.0163. The maximum Gasteiger partial charge on any atom is 0.329 e. The Labute approximate surface area is 184 Å². The van der Waals surface area contributed by atoms with Gasteiger partial charge in [0.25, 0.3) is 0 Å². The number of nitrogens with zero attached hydrogens (tertiary/aromatic N) is 3. The third-order valence-electron chi connectivity index (χ3n) is 8.57. The Morgan fingerprint density at radius 1 is 1.00 bits per heavy atom. The van der Waals surface area contributed by atoms with Gasteiger partial charge in [0.05, 0.1) is 30.3 Å². The van der Waals surface area contributed by atoms with Crippen LogP contribution >= 0.6 is 0 Å². The van der Waals surface area contributed by atoms with E-state index in [4.69, 9.17) is 0 Å². The van der Waals surface area contributed by atoms with E-state index in [0.29, 0.717) is 5.41 Å². The van der Waals surface area contributed by atoms with Crippen molar-refractivity contribution in [3.05, 3.63) is 34.7 Å². The number of aliphatic hydroxyl groups is 2. The van der Waals surface area contributed by atoms with Gasteiger partial charge in [0.2, 0.25) is 0 Å². The quantitative estimate of drug-likeness (QED) is 0.743. The average molecular weight is 428 g/mol.